The van der Waals surface area contributed by atoms with E-state index in [-0.39, 0.29) is 17.8 Å². The predicted octanol–water partition coefficient (Wildman–Crippen LogP) is 1.77. The van der Waals surface area contributed by atoms with E-state index in [9.17, 15) is 14.0 Å². The minimum Gasteiger partial charge on any atom is -0.301 e. The van der Waals surface area contributed by atoms with Crippen molar-refractivity contribution in [3.8, 4) is 11.8 Å². The molecule has 0 saturated carbocycles. The maximum absolute atomic E-state index is 13.6. The van der Waals surface area contributed by atoms with Crippen molar-refractivity contribution in [2.45, 2.75) is 13.3 Å². The van der Waals surface area contributed by atoms with Gasteiger partial charge >= 0.3 is 0 Å². The zero-order chi connectivity index (χ0) is 12.4. The van der Waals surface area contributed by atoms with Gasteiger partial charge in [-0.3, -0.25) is 9.59 Å². The highest BCUT2D eigenvalue weighted by Gasteiger charge is 2.37. The number of rotatable bonds is 2. The molecule has 1 aromatic carbocycles. The van der Waals surface area contributed by atoms with Crippen LogP contribution in [0, 0.1) is 17.7 Å². The van der Waals surface area contributed by atoms with Crippen molar-refractivity contribution in [2.24, 2.45) is 0 Å². The fraction of sp³-hybridized carbons (Fsp3) is 0.231. The number of hydrogen-bond acceptors (Lipinski definition) is 2. The maximum atomic E-state index is 13.6. The molecular formula is C13H10FNO2. The molecular weight excluding hydrogens is 221 g/mol. The second-order valence-corrected chi connectivity index (χ2v) is 3.60. The van der Waals surface area contributed by atoms with Crippen LogP contribution < -0.4 is 4.90 Å². The highest BCUT2D eigenvalue weighted by molar-refractivity contribution is 6.52. The quantitative estimate of drug-likeness (QED) is 0.574. The average molecular weight is 231 g/mol. The minimum absolute atomic E-state index is 0.0837. The summed E-state index contributed by atoms with van der Waals surface area (Å²) < 4.78 is 13.6. The summed E-state index contributed by atoms with van der Waals surface area (Å²) in [5.41, 5.74) is 0.222. The van der Waals surface area contributed by atoms with Crippen LogP contribution >= 0.6 is 0 Å². The van der Waals surface area contributed by atoms with Crippen LogP contribution in [0.4, 0.5) is 10.1 Å². The Bertz CT molecular complexity index is 554. The Morgan fingerprint density at radius 1 is 1.35 bits per heavy atom. The number of nitrogens with zero attached hydrogens (tertiary/aromatic N) is 1. The summed E-state index contributed by atoms with van der Waals surface area (Å²) in [7, 11) is 0. The van der Waals surface area contributed by atoms with Crippen molar-refractivity contribution in [3.05, 3.63) is 29.6 Å². The van der Waals surface area contributed by atoms with Gasteiger partial charge in [0.05, 0.1) is 11.3 Å². The largest absolute Gasteiger partial charge is 0.301 e. The lowest BCUT2D eigenvalue weighted by molar-refractivity contribution is -0.114. The first-order valence-corrected chi connectivity index (χ1v) is 5.21. The normalized spacial score (nSPS) is 13.4. The molecule has 0 spiro atoms. The number of benzene rings is 1. The van der Waals surface area contributed by atoms with Gasteiger partial charge in [0, 0.05) is 13.0 Å². The first kappa shape index (κ1) is 11.3. The van der Waals surface area contributed by atoms with E-state index in [2.05, 4.69) is 11.8 Å². The number of anilines is 1. The Morgan fingerprint density at radius 3 is 2.82 bits per heavy atom. The molecule has 17 heavy (non-hydrogen) atoms. The monoisotopic (exact) mass is 231 g/mol. The van der Waals surface area contributed by atoms with Crippen LogP contribution in [0.25, 0.3) is 0 Å². The van der Waals surface area contributed by atoms with Gasteiger partial charge in [-0.1, -0.05) is 6.07 Å². The van der Waals surface area contributed by atoms with Crippen molar-refractivity contribution in [1.29, 1.82) is 0 Å². The third-order valence-corrected chi connectivity index (χ3v) is 2.58. The Labute approximate surface area is 98.2 Å². The molecule has 1 aliphatic heterocycles. The fourth-order valence-electron chi connectivity index (χ4n) is 1.82. The number of halogens is 1. The van der Waals surface area contributed by atoms with Crippen LogP contribution in [0.2, 0.25) is 0 Å². The number of Topliss-reactive ketones (excluding diaryl/α,β-unsaturated/α-hetero) is 1. The molecule has 0 radical (unpaired) electrons. The lowest BCUT2D eigenvalue weighted by Gasteiger charge is -2.15. The zero-order valence-electron chi connectivity index (χ0n) is 9.29. The molecule has 2 rings (SSSR count). The molecule has 1 heterocycles. The fourth-order valence-corrected chi connectivity index (χ4v) is 1.82. The van der Waals surface area contributed by atoms with Crippen molar-refractivity contribution in [3.63, 3.8) is 0 Å². The smallest absolute Gasteiger partial charge is 0.299 e. The van der Waals surface area contributed by atoms with Crippen LogP contribution in [0.3, 0.4) is 0 Å². The maximum Gasteiger partial charge on any atom is 0.299 e. The SMILES string of the molecule is CC#CCCN1C(=O)C(=O)c2cccc(F)c21. The van der Waals surface area contributed by atoms with E-state index in [1.807, 2.05) is 0 Å². The van der Waals surface area contributed by atoms with Crippen LogP contribution in [0.1, 0.15) is 23.7 Å². The Morgan fingerprint density at radius 2 is 2.12 bits per heavy atom. The summed E-state index contributed by atoms with van der Waals surface area (Å²) in [5, 5.41) is 0. The van der Waals surface area contributed by atoms with E-state index in [0.717, 1.165) is 4.90 Å². The van der Waals surface area contributed by atoms with Crippen LogP contribution in [-0.4, -0.2) is 18.2 Å². The van der Waals surface area contributed by atoms with Gasteiger partial charge in [0.2, 0.25) is 0 Å². The van der Waals surface area contributed by atoms with E-state index in [0.29, 0.717) is 6.42 Å². The van der Waals surface area contributed by atoms with Crippen molar-refractivity contribution in [2.75, 3.05) is 11.4 Å². The third-order valence-electron chi connectivity index (χ3n) is 2.58. The molecule has 0 N–H and O–H groups in total. The van der Waals surface area contributed by atoms with Gasteiger partial charge in [0.25, 0.3) is 11.7 Å². The number of fused-ring (bicyclic) bond motifs is 1. The summed E-state index contributed by atoms with van der Waals surface area (Å²) in [4.78, 5) is 24.4. The van der Waals surface area contributed by atoms with Crippen LogP contribution in [-0.2, 0) is 4.79 Å². The van der Waals surface area contributed by atoms with Crippen molar-refractivity contribution in [1.82, 2.24) is 0 Å². The Kier molecular flexibility index (Phi) is 2.92. The van der Waals surface area contributed by atoms with Crippen molar-refractivity contribution < 1.29 is 14.0 Å². The average Bonchev–Trinajstić information content (AvgIpc) is 2.56. The van der Waals surface area contributed by atoms with Gasteiger partial charge in [-0.25, -0.2) is 4.39 Å². The van der Waals surface area contributed by atoms with Crippen LogP contribution in [0.5, 0.6) is 0 Å². The summed E-state index contributed by atoms with van der Waals surface area (Å²) >= 11 is 0. The molecule has 0 bridgehead atoms. The predicted molar refractivity (Wildman–Crippen MR) is 61.2 cm³/mol. The number of carbonyl (C=O) groups excluding carboxylic acids is 2. The van der Waals surface area contributed by atoms with E-state index in [1.165, 1.54) is 18.2 Å². The number of hydrogen-bond donors (Lipinski definition) is 0. The second kappa shape index (κ2) is 4.38. The van der Waals surface area contributed by atoms with Gasteiger partial charge in [0.15, 0.2) is 0 Å². The number of para-hydroxylation sites is 1. The highest BCUT2D eigenvalue weighted by atomic mass is 19.1. The molecule has 1 aromatic rings. The Hall–Kier alpha value is -2.15. The zero-order valence-corrected chi connectivity index (χ0v) is 9.29. The molecule has 0 aromatic heterocycles. The first-order valence-electron chi connectivity index (χ1n) is 5.21. The lowest BCUT2D eigenvalue weighted by Crippen LogP contribution is -2.30. The molecule has 0 saturated heterocycles. The summed E-state index contributed by atoms with van der Waals surface area (Å²) in [6.07, 6.45) is 0.420. The molecule has 0 unspecified atom stereocenters. The number of amides is 1. The summed E-state index contributed by atoms with van der Waals surface area (Å²) in [6.45, 7) is 1.92. The summed E-state index contributed by atoms with van der Waals surface area (Å²) in [5.74, 6) is 3.60. The minimum atomic E-state index is -0.678. The molecule has 1 amide bonds. The number of ketones is 1. The number of carbonyl (C=O) groups is 2. The highest BCUT2D eigenvalue weighted by Crippen LogP contribution is 2.31. The van der Waals surface area contributed by atoms with Gasteiger partial charge in [-0.2, -0.15) is 0 Å². The van der Waals surface area contributed by atoms with E-state index < -0.39 is 17.5 Å². The second-order valence-electron chi connectivity index (χ2n) is 3.60. The molecule has 0 atom stereocenters. The molecule has 3 nitrogen and oxygen atoms in total. The van der Waals surface area contributed by atoms with Gasteiger partial charge in [-0.05, 0) is 19.1 Å². The molecule has 0 fully saturated rings. The van der Waals surface area contributed by atoms with Crippen molar-refractivity contribution >= 4 is 17.4 Å². The van der Waals surface area contributed by atoms with Gasteiger partial charge in [0.1, 0.15) is 5.82 Å². The Balaban J connectivity index is 2.38. The molecule has 1 aliphatic rings. The topological polar surface area (TPSA) is 37.4 Å². The van der Waals surface area contributed by atoms with Gasteiger partial charge in [-0.15, -0.1) is 11.8 Å². The molecule has 4 heteroatoms. The molecule has 0 aliphatic carbocycles. The third kappa shape index (κ3) is 1.80. The standard InChI is InChI=1S/C13H10FNO2/c1-2-3-4-8-15-11-9(12(16)13(15)17)6-5-7-10(11)14/h5-7H,4,8H2,1H3. The van der Waals surface area contributed by atoms with E-state index in [1.54, 1.807) is 6.92 Å². The van der Waals surface area contributed by atoms with E-state index >= 15 is 0 Å². The van der Waals surface area contributed by atoms with E-state index in [4.69, 9.17) is 0 Å². The van der Waals surface area contributed by atoms with Crippen LogP contribution in [0.15, 0.2) is 18.2 Å². The summed E-state index contributed by atoms with van der Waals surface area (Å²) in [6, 6.07) is 4.13. The van der Waals surface area contributed by atoms with Gasteiger partial charge < -0.3 is 4.90 Å². The lowest BCUT2D eigenvalue weighted by atomic mass is 10.1. The first-order chi connectivity index (χ1) is 8.16. The molecule has 86 valence electrons.